The highest BCUT2D eigenvalue weighted by Crippen LogP contribution is 2.20. The lowest BCUT2D eigenvalue weighted by molar-refractivity contribution is 0.0644. The first-order chi connectivity index (χ1) is 9.01. The normalized spacial score (nSPS) is 11.1. The van der Waals surface area contributed by atoms with E-state index in [1.165, 1.54) is 0 Å². The Bertz CT molecular complexity index is 418. The summed E-state index contributed by atoms with van der Waals surface area (Å²) in [6.45, 7) is 5.05. The molecule has 1 heterocycles. The molecule has 0 saturated carbocycles. The van der Waals surface area contributed by atoms with Gasteiger partial charge in [-0.2, -0.15) is 0 Å². The zero-order valence-corrected chi connectivity index (χ0v) is 12.4. The van der Waals surface area contributed by atoms with Gasteiger partial charge in [-0.05, 0) is 19.9 Å². The number of aromatic nitrogens is 1. The molecule has 0 radical (unpaired) electrons. The number of amides is 1. The van der Waals surface area contributed by atoms with E-state index < -0.39 is 0 Å². The summed E-state index contributed by atoms with van der Waals surface area (Å²) in [7, 11) is 1.58. The molecule has 6 heteroatoms. The fourth-order valence-corrected chi connectivity index (χ4v) is 2.05. The third-order valence-electron chi connectivity index (χ3n) is 2.81. The molecule has 0 fully saturated rings. The van der Waals surface area contributed by atoms with Gasteiger partial charge in [0.15, 0.2) is 0 Å². The largest absolute Gasteiger partial charge is 0.395 e. The summed E-state index contributed by atoms with van der Waals surface area (Å²) in [5, 5.41) is 9.58. The lowest BCUT2D eigenvalue weighted by atomic mass is 10.3. The van der Waals surface area contributed by atoms with Crippen LogP contribution in [0.3, 0.4) is 0 Å². The first-order valence-corrected chi connectivity index (χ1v) is 6.65. The van der Waals surface area contributed by atoms with Crippen LogP contribution in [0.2, 0.25) is 5.02 Å². The van der Waals surface area contributed by atoms with Crippen molar-refractivity contribution in [3.8, 4) is 0 Å². The fourth-order valence-electron chi connectivity index (χ4n) is 1.84. The van der Waals surface area contributed by atoms with Gasteiger partial charge in [-0.3, -0.25) is 4.79 Å². The first-order valence-electron chi connectivity index (χ1n) is 6.27. The molecule has 0 aromatic carbocycles. The van der Waals surface area contributed by atoms with Crippen LogP contribution in [0, 0.1) is 0 Å². The Morgan fingerprint density at radius 1 is 1.53 bits per heavy atom. The molecule has 0 saturated heterocycles. The zero-order valence-electron chi connectivity index (χ0n) is 11.6. The van der Waals surface area contributed by atoms with Crippen molar-refractivity contribution in [1.29, 1.82) is 0 Å². The molecule has 0 aliphatic heterocycles. The molecule has 1 rings (SSSR count). The van der Waals surface area contributed by atoms with E-state index in [4.69, 9.17) is 21.4 Å². The Labute approximate surface area is 118 Å². The highest BCUT2D eigenvalue weighted by atomic mass is 35.5. The van der Waals surface area contributed by atoms with E-state index in [9.17, 15) is 4.79 Å². The van der Waals surface area contributed by atoms with Gasteiger partial charge in [0.25, 0.3) is 5.91 Å². The van der Waals surface area contributed by atoms with Gasteiger partial charge < -0.3 is 19.3 Å². The predicted molar refractivity (Wildman–Crippen MR) is 74.7 cm³/mol. The second kappa shape index (κ2) is 7.53. The molecular formula is C13H21ClN2O3. The molecule has 1 aromatic rings. The van der Waals surface area contributed by atoms with Gasteiger partial charge in [0, 0.05) is 32.4 Å². The van der Waals surface area contributed by atoms with Gasteiger partial charge >= 0.3 is 0 Å². The number of carbonyl (C=O) groups excluding carboxylic acids is 1. The van der Waals surface area contributed by atoms with Gasteiger partial charge in [0.05, 0.1) is 18.2 Å². The minimum absolute atomic E-state index is 0.0778. The topological polar surface area (TPSA) is 54.7 Å². The molecule has 1 amide bonds. The maximum Gasteiger partial charge on any atom is 0.270 e. The van der Waals surface area contributed by atoms with E-state index in [1.54, 1.807) is 24.3 Å². The van der Waals surface area contributed by atoms with E-state index >= 15 is 0 Å². The Hall–Kier alpha value is -1.04. The van der Waals surface area contributed by atoms with Crippen LogP contribution in [0.25, 0.3) is 0 Å². The average Bonchev–Trinajstić information content (AvgIpc) is 2.76. The van der Waals surface area contributed by atoms with E-state index in [-0.39, 0.29) is 25.1 Å². The maximum absolute atomic E-state index is 12.5. The standard InChI is InChI=1S/C13H21ClN2O3/c1-10(2)16-9-11(14)8-12(16)13(18)15(4-6-17)5-7-19-3/h8-10,17H,4-7H2,1-3H3. The second-order valence-electron chi connectivity index (χ2n) is 4.55. The predicted octanol–water partition coefficient (Wildman–Crippen LogP) is 1.80. The smallest absolute Gasteiger partial charge is 0.270 e. The van der Waals surface area contributed by atoms with Crippen molar-refractivity contribution in [1.82, 2.24) is 9.47 Å². The number of hydrogen-bond acceptors (Lipinski definition) is 3. The fraction of sp³-hybridized carbons (Fsp3) is 0.615. The van der Waals surface area contributed by atoms with Crippen LogP contribution < -0.4 is 0 Å². The minimum atomic E-state index is -0.147. The SMILES string of the molecule is COCCN(CCO)C(=O)c1cc(Cl)cn1C(C)C. The number of aliphatic hydroxyl groups excluding tert-OH is 1. The van der Waals surface area contributed by atoms with Crippen LogP contribution in [-0.2, 0) is 4.74 Å². The molecule has 0 atom stereocenters. The number of nitrogens with zero attached hydrogens (tertiary/aromatic N) is 2. The number of methoxy groups -OCH3 is 1. The Balaban J connectivity index is 2.95. The summed E-state index contributed by atoms with van der Waals surface area (Å²) in [6, 6.07) is 1.80. The molecule has 0 aliphatic rings. The van der Waals surface area contributed by atoms with Crippen molar-refractivity contribution in [3.63, 3.8) is 0 Å². The van der Waals surface area contributed by atoms with Crippen molar-refractivity contribution in [2.75, 3.05) is 33.4 Å². The summed E-state index contributed by atoms with van der Waals surface area (Å²) in [5.41, 5.74) is 0.532. The second-order valence-corrected chi connectivity index (χ2v) is 4.99. The molecule has 0 bridgehead atoms. The van der Waals surface area contributed by atoms with Gasteiger partial charge in [0.2, 0.25) is 0 Å². The van der Waals surface area contributed by atoms with Crippen molar-refractivity contribution < 1.29 is 14.6 Å². The number of carbonyl (C=O) groups is 1. The van der Waals surface area contributed by atoms with E-state index in [1.807, 2.05) is 18.4 Å². The lowest BCUT2D eigenvalue weighted by Gasteiger charge is -2.23. The summed E-state index contributed by atoms with van der Waals surface area (Å²) >= 11 is 5.97. The highest BCUT2D eigenvalue weighted by molar-refractivity contribution is 6.31. The Kier molecular flexibility index (Phi) is 6.34. The van der Waals surface area contributed by atoms with Gasteiger partial charge in [-0.15, -0.1) is 0 Å². The number of ether oxygens (including phenoxy) is 1. The maximum atomic E-state index is 12.5. The lowest BCUT2D eigenvalue weighted by Crippen LogP contribution is -2.37. The first kappa shape index (κ1) is 16.0. The molecular weight excluding hydrogens is 268 g/mol. The van der Waals surface area contributed by atoms with Crippen LogP contribution >= 0.6 is 11.6 Å². The minimum Gasteiger partial charge on any atom is -0.395 e. The van der Waals surface area contributed by atoms with Crippen LogP contribution in [0.4, 0.5) is 0 Å². The van der Waals surface area contributed by atoms with Crippen LogP contribution in [0.15, 0.2) is 12.3 Å². The average molecular weight is 289 g/mol. The van der Waals surface area contributed by atoms with Crippen molar-refractivity contribution in [3.05, 3.63) is 23.0 Å². The number of hydrogen-bond donors (Lipinski definition) is 1. The zero-order chi connectivity index (χ0) is 14.4. The summed E-state index contributed by atoms with van der Waals surface area (Å²) in [5.74, 6) is -0.147. The van der Waals surface area contributed by atoms with Crippen LogP contribution in [-0.4, -0.2) is 53.9 Å². The van der Waals surface area contributed by atoms with Crippen molar-refractivity contribution in [2.45, 2.75) is 19.9 Å². The van der Waals surface area contributed by atoms with Crippen molar-refractivity contribution >= 4 is 17.5 Å². The summed E-state index contributed by atoms with van der Waals surface area (Å²) < 4.78 is 6.81. The van der Waals surface area contributed by atoms with Crippen molar-refractivity contribution in [2.24, 2.45) is 0 Å². The molecule has 1 aromatic heterocycles. The van der Waals surface area contributed by atoms with E-state index in [0.717, 1.165) is 0 Å². The van der Waals surface area contributed by atoms with E-state index in [2.05, 4.69) is 0 Å². The number of aliphatic hydroxyl groups is 1. The third-order valence-corrected chi connectivity index (χ3v) is 3.02. The molecule has 1 N–H and O–H groups in total. The monoisotopic (exact) mass is 288 g/mol. The molecule has 108 valence electrons. The molecule has 0 spiro atoms. The van der Waals surface area contributed by atoms with Gasteiger partial charge in [-0.25, -0.2) is 0 Å². The molecule has 5 nitrogen and oxygen atoms in total. The van der Waals surface area contributed by atoms with Crippen LogP contribution in [0.1, 0.15) is 30.4 Å². The Morgan fingerprint density at radius 2 is 2.21 bits per heavy atom. The van der Waals surface area contributed by atoms with Gasteiger partial charge in [-0.1, -0.05) is 11.6 Å². The van der Waals surface area contributed by atoms with Gasteiger partial charge in [0.1, 0.15) is 5.69 Å². The van der Waals surface area contributed by atoms with E-state index in [0.29, 0.717) is 23.9 Å². The quantitative estimate of drug-likeness (QED) is 0.832. The number of rotatable bonds is 7. The molecule has 0 unspecified atom stereocenters. The summed E-state index contributed by atoms with van der Waals surface area (Å²) in [6.07, 6.45) is 1.74. The Morgan fingerprint density at radius 3 is 2.74 bits per heavy atom. The molecule has 19 heavy (non-hydrogen) atoms. The third kappa shape index (κ3) is 4.23. The number of halogens is 1. The molecule has 0 aliphatic carbocycles. The highest BCUT2D eigenvalue weighted by Gasteiger charge is 2.20. The summed E-state index contributed by atoms with van der Waals surface area (Å²) in [4.78, 5) is 14.0. The van der Waals surface area contributed by atoms with Crippen LogP contribution in [0.5, 0.6) is 0 Å².